The Morgan fingerprint density at radius 3 is 2.58 bits per heavy atom. The van der Waals surface area contributed by atoms with E-state index in [1.165, 1.54) is 11.0 Å². The van der Waals surface area contributed by atoms with E-state index in [4.69, 9.17) is 0 Å². The minimum atomic E-state index is -0.922. The molecule has 0 spiro atoms. The van der Waals surface area contributed by atoms with Gasteiger partial charge in [0.05, 0.1) is 10.5 Å². The Balaban J connectivity index is 1.45. The molecule has 2 atom stereocenters. The highest BCUT2D eigenvalue weighted by Gasteiger charge is 2.38. The molecule has 2 heterocycles. The van der Waals surface area contributed by atoms with Gasteiger partial charge in [-0.25, -0.2) is 9.78 Å². The fourth-order valence-corrected chi connectivity index (χ4v) is 4.79. The van der Waals surface area contributed by atoms with Crippen LogP contribution in [0.3, 0.4) is 0 Å². The van der Waals surface area contributed by atoms with Gasteiger partial charge in [-0.2, -0.15) is 0 Å². The number of nitrogens with zero attached hydrogens (tertiary/aromatic N) is 3. The van der Waals surface area contributed by atoms with Crippen LogP contribution in [0.25, 0.3) is 11.1 Å². The maximum absolute atomic E-state index is 12.9. The lowest BCUT2D eigenvalue weighted by Crippen LogP contribution is -2.52. The summed E-state index contributed by atoms with van der Waals surface area (Å²) in [6.45, 7) is 6.85. The smallest absolute Gasteiger partial charge is 0.407 e. The number of piperidine rings is 1. The Morgan fingerprint density at radius 2 is 1.94 bits per heavy atom. The van der Waals surface area contributed by atoms with E-state index in [9.17, 15) is 24.8 Å². The molecule has 10 heteroatoms. The van der Waals surface area contributed by atoms with Crippen LogP contribution in [0, 0.1) is 21.4 Å². The van der Waals surface area contributed by atoms with Crippen molar-refractivity contribution in [2.24, 2.45) is 11.3 Å². The zero-order chi connectivity index (χ0) is 26.0. The van der Waals surface area contributed by atoms with Crippen LogP contribution in [0.5, 0.6) is 0 Å². The molecule has 0 bridgehead atoms. The highest BCUT2D eigenvalue weighted by Crippen LogP contribution is 2.35. The summed E-state index contributed by atoms with van der Waals surface area (Å²) in [6, 6.07) is 8.27. The summed E-state index contributed by atoms with van der Waals surface area (Å²) in [6.07, 6.45) is 4.17. The quantitative estimate of drug-likeness (QED) is 0.372. The van der Waals surface area contributed by atoms with Gasteiger partial charge in [-0.05, 0) is 66.8 Å². The summed E-state index contributed by atoms with van der Waals surface area (Å²) in [5.41, 5.74) is 0.926. The second kappa shape index (κ2) is 10.1. The molecule has 0 radical (unpaired) electrons. The fraction of sp³-hybridized carbons (Fsp3) is 0.500. The van der Waals surface area contributed by atoms with E-state index in [-0.39, 0.29) is 34.5 Å². The minimum absolute atomic E-state index is 0.122. The van der Waals surface area contributed by atoms with Gasteiger partial charge in [0.1, 0.15) is 5.82 Å². The van der Waals surface area contributed by atoms with E-state index < -0.39 is 11.0 Å². The molecule has 3 N–H and O–H groups in total. The number of aromatic nitrogens is 1. The highest BCUT2D eigenvalue weighted by atomic mass is 16.6. The largest absolute Gasteiger partial charge is 0.465 e. The molecular weight excluding hydrogens is 462 g/mol. The lowest BCUT2D eigenvalue weighted by Gasteiger charge is -2.44. The first kappa shape index (κ1) is 25.4. The SMILES string of the molecule is CC(C)(C)C1CC(CNC(=O)c2ccc(-c3ccnc(NC4CC4)c3)c([N+](=O)[O-])c2)CCN1C(=O)O. The normalized spacial score (nSPS) is 20.0. The van der Waals surface area contributed by atoms with Crippen LogP contribution in [0.1, 0.15) is 56.8 Å². The molecule has 1 aliphatic heterocycles. The van der Waals surface area contributed by atoms with Crippen LogP contribution in [-0.4, -0.2) is 57.1 Å². The van der Waals surface area contributed by atoms with Gasteiger partial charge in [0.2, 0.25) is 0 Å². The molecule has 4 rings (SSSR count). The van der Waals surface area contributed by atoms with Crippen molar-refractivity contribution in [1.29, 1.82) is 0 Å². The molecule has 1 aliphatic carbocycles. The number of likely N-dealkylation sites (tertiary alicyclic amines) is 1. The number of pyridine rings is 1. The molecule has 10 nitrogen and oxygen atoms in total. The van der Waals surface area contributed by atoms with Gasteiger partial charge in [0, 0.05) is 43.0 Å². The molecule has 1 aromatic heterocycles. The van der Waals surface area contributed by atoms with Crippen molar-refractivity contribution in [2.75, 3.05) is 18.4 Å². The number of hydrogen-bond donors (Lipinski definition) is 3. The third kappa shape index (κ3) is 5.92. The van der Waals surface area contributed by atoms with Crippen molar-refractivity contribution in [3.05, 3.63) is 52.2 Å². The average molecular weight is 496 g/mol. The second-order valence-corrected chi connectivity index (χ2v) is 10.8. The van der Waals surface area contributed by atoms with Crippen molar-refractivity contribution >= 4 is 23.5 Å². The van der Waals surface area contributed by atoms with E-state index in [1.807, 2.05) is 20.8 Å². The molecule has 2 fully saturated rings. The van der Waals surface area contributed by atoms with Crippen LogP contribution < -0.4 is 10.6 Å². The first-order valence-corrected chi connectivity index (χ1v) is 12.3. The fourth-order valence-electron chi connectivity index (χ4n) is 4.79. The summed E-state index contributed by atoms with van der Waals surface area (Å²) in [7, 11) is 0. The summed E-state index contributed by atoms with van der Waals surface area (Å²) in [5, 5.41) is 27.6. The number of rotatable bonds is 7. The van der Waals surface area contributed by atoms with Gasteiger partial charge in [0.25, 0.3) is 11.6 Å². The molecule has 2 amide bonds. The predicted octanol–water partition coefficient (Wildman–Crippen LogP) is 4.77. The van der Waals surface area contributed by atoms with Crippen molar-refractivity contribution in [3.63, 3.8) is 0 Å². The van der Waals surface area contributed by atoms with E-state index in [2.05, 4.69) is 15.6 Å². The number of carbonyl (C=O) groups is 2. The topological polar surface area (TPSA) is 138 Å². The number of benzene rings is 1. The molecular formula is C26H33N5O5. The minimum Gasteiger partial charge on any atom is -0.465 e. The number of amides is 2. The van der Waals surface area contributed by atoms with E-state index in [0.717, 1.165) is 12.8 Å². The summed E-state index contributed by atoms with van der Waals surface area (Å²) >= 11 is 0. The van der Waals surface area contributed by atoms with Gasteiger partial charge in [-0.15, -0.1) is 0 Å². The maximum atomic E-state index is 12.9. The van der Waals surface area contributed by atoms with Crippen molar-refractivity contribution < 1.29 is 19.6 Å². The molecule has 1 aromatic carbocycles. The zero-order valence-corrected chi connectivity index (χ0v) is 20.9. The maximum Gasteiger partial charge on any atom is 0.407 e. The van der Waals surface area contributed by atoms with Gasteiger partial charge in [0.15, 0.2) is 0 Å². The summed E-state index contributed by atoms with van der Waals surface area (Å²) < 4.78 is 0. The predicted molar refractivity (Wildman–Crippen MR) is 136 cm³/mol. The van der Waals surface area contributed by atoms with E-state index >= 15 is 0 Å². The van der Waals surface area contributed by atoms with Gasteiger partial charge in [-0.1, -0.05) is 20.8 Å². The zero-order valence-electron chi connectivity index (χ0n) is 20.9. The van der Waals surface area contributed by atoms with Crippen LogP contribution in [0.15, 0.2) is 36.5 Å². The molecule has 36 heavy (non-hydrogen) atoms. The van der Waals surface area contributed by atoms with Crippen LogP contribution in [0.2, 0.25) is 0 Å². The number of nitrogens with one attached hydrogen (secondary N) is 2. The number of nitro groups is 1. The lowest BCUT2D eigenvalue weighted by molar-refractivity contribution is -0.384. The number of hydrogen-bond acceptors (Lipinski definition) is 6. The Bertz CT molecular complexity index is 1160. The van der Waals surface area contributed by atoms with Crippen LogP contribution >= 0.6 is 0 Å². The van der Waals surface area contributed by atoms with Gasteiger partial charge >= 0.3 is 6.09 Å². The molecule has 2 aromatic rings. The molecule has 1 saturated heterocycles. The summed E-state index contributed by atoms with van der Waals surface area (Å²) in [5.74, 6) is 0.411. The van der Waals surface area contributed by atoms with Crippen molar-refractivity contribution in [2.45, 2.75) is 58.5 Å². The van der Waals surface area contributed by atoms with Crippen LogP contribution in [0.4, 0.5) is 16.3 Å². The molecule has 2 aliphatic rings. The third-order valence-electron chi connectivity index (χ3n) is 6.96. The van der Waals surface area contributed by atoms with Crippen LogP contribution in [-0.2, 0) is 0 Å². The Labute approximate surface area is 210 Å². The number of carboxylic acid groups (broad SMARTS) is 1. The Kier molecular flexibility index (Phi) is 7.14. The Morgan fingerprint density at radius 1 is 1.19 bits per heavy atom. The second-order valence-electron chi connectivity index (χ2n) is 10.8. The number of anilines is 1. The lowest BCUT2D eigenvalue weighted by atomic mass is 9.77. The van der Waals surface area contributed by atoms with E-state index in [1.54, 1.807) is 30.5 Å². The van der Waals surface area contributed by atoms with Gasteiger partial charge < -0.3 is 20.6 Å². The monoisotopic (exact) mass is 495 g/mol. The highest BCUT2D eigenvalue weighted by molar-refractivity contribution is 5.96. The number of nitro benzene ring substituents is 1. The number of carbonyl (C=O) groups excluding carboxylic acids is 1. The average Bonchev–Trinajstić information content (AvgIpc) is 3.65. The molecule has 2 unspecified atom stereocenters. The first-order valence-electron chi connectivity index (χ1n) is 12.3. The van der Waals surface area contributed by atoms with E-state index in [0.29, 0.717) is 48.9 Å². The first-order chi connectivity index (χ1) is 17.0. The summed E-state index contributed by atoms with van der Waals surface area (Å²) in [4.78, 5) is 41.7. The third-order valence-corrected chi connectivity index (χ3v) is 6.96. The Hall–Kier alpha value is -3.69. The molecule has 1 saturated carbocycles. The standard InChI is InChI=1S/C26H33N5O5/c1-26(2,3)22-12-16(9-11-30(22)25(33)34)15-28-24(32)18-4-7-20(21(13-18)31(35)36)17-8-10-27-23(14-17)29-19-5-6-19/h4,7-8,10,13-14,16,19,22H,5-6,9,11-12,15H2,1-3H3,(H,27,29)(H,28,32)(H,33,34). The van der Waals surface area contributed by atoms with Crippen molar-refractivity contribution in [3.8, 4) is 11.1 Å². The van der Waals surface area contributed by atoms with Crippen molar-refractivity contribution in [1.82, 2.24) is 15.2 Å². The van der Waals surface area contributed by atoms with Gasteiger partial charge in [-0.3, -0.25) is 14.9 Å². The molecule has 192 valence electrons.